The summed E-state index contributed by atoms with van der Waals surface area (Å²) in [5.41, 5.74) is 1.00. The number of nitrogens with one attached hydrogen (secondary N) is 1. The molecular weight excluding hydrogens is 347 g/mol. The predicted molar refractivity (Wildman–Crippen MR) is 90.5 cm³/mol. The second kappa shape index (κ2) is 6.47. The number of benzene rings is 1. The molecule has 9 heteroatoms. The molecule has 1 unspecified atom stereocenters. The molecule has 138 valence electrons. The molecule has 0 fully saturated rings. The molecule has 0 bridgehead atoms. The smallest absolute Gasteiger partial charge is 0.313 e. The predicted octanol–water partition coefficient (Wildman–Crippen LogP) is 3.37. The highest BCUT2D eigenvalue weighted by molar-refractivity contribution is 5.92. The number of imidazole rings is 1. The fraction of sp³-hybridized carbons (Fsp3) is 0.353. The number of halogens is 3. The molecule has 1 amide bonds. The molecule has 0 saturated carbocycles. The Morgan fingerprint density at radius 2 is 2.00 bits per heavy atom. The Hall–Kier alpha value is -2.84. The van der Waals surface area contributed by atoms with Gasteiger partial charge in [-0.15, -0.1) is 0 Å². The molecular formula is C17H18F3N5O. The monoisotopic (exact) mass is 365 g/mol. The average Bonchev–Trinajstić information content (AvgIpc) is 3.09. The van der Waals surface area contributed by atoms with Gasteiger partial charge in [-0.1, -0.05) is 19.1 Å². The Morgan fingerprint density at radius 1 is 1.31 bits per heavy atom. The number of alkyl halides is 3. The van der Waals surface area contributed by atoms with Crippen LogP contribution in [0.2, 0.25) is 0 Å². The second-order valence-electron chi connectivity index (χ2n) is 6.22. The maximum atomic E-state index is 12.7. The SMILES string of the molecule is Cc1cc(C(F)(F)F)nn1CC(C)C(=O)Nc1nc2ccccc2n1C. The van der Waals surface area contributed by atoms with Crippen LogP contribution in [0.1, 0.15) is 18.3 Å². The number of carbonyl (C=O) groups is 1. The standard InChI is InChI=1S/C17H18F3N5O/c1-10(9-25-11(2)8-14(23-25)17(18,19)20)15(26)22-16-21-12-6-4-5-7-13(12)24(16)3/h4-8,10H,9H2,1-3H3,(H,21,22,26). The zero-order chi connectivity index (χ0) is 19.1. The number of nitrogens with zero attached hydrogens (tertiary/aromatic N) is 4. The Balaban J connectivity index is 1.74. The molecule has 3 rings (SSSR count). The molecule has 26 heavy (non-hydrogen) atoms. The molecule has 2 aromatic heterocycles. The molecule has 2 heterocycles. The molecule has 6 nitrogen and oxygen atoms in total. The van der Waals surface area contributed by atoms with Crippen molar-refractivity contribution in [2.24, 2.45) is 13.0 Å². The van der Waals surface area contributed by atoms with Crippen molar-refractivity contribution in [1.82, 2.24) is 19.3 Å². The topological polar surface area (TPSA) is 64.7 Å². The van der Waals surface area contributed by atoms with Crippen LogP contribution < -0.4 is 5.32 Å². The van der Waals surface area contributed by atoms with Gasteiger partial charge in [0.15, 0.2) is 5.69 Å². The first-order chi connectivity index (χ1) is 12.2. The maximum Gasteiger partial charge on any atom is 0.435 e. The number of rotatable bonds is 4. The molecule has 0 aliphatic rings. The van der Waals surface area contributed by atoms with Gasteiger partial charge in [0.1, 0.15) is 0 Å². The third-order valence-electron chi connectivity index (χ3n) is 4.19. The van der Waals surface area contributed by atoms with Crippen LogP contribution >= 0.6 is 0 Å². The van der Waals surface area contributed by atoms with E-state index in [1.54, 1.807) is 18.5 Å². The van der Waals surface area contributed by atoms with E-state index >= 15 is 0 Å². The van der Waals surface area contributed by atoms with E-state index in [0.717, 1.165) is 17.1 Å². The number of carbonyl (C=O) groups excluding carboxylic acids is 1. The average molecular weight is 365 g/mol. The summed E-state index contributed by atoms with van der Waals surface area (Å²) in [7, 11) is 1.78. The summed E-state index contributed by atoms with van der Waals surface area (Å²) in [6.07, 6.45) is -4.51. The molecule has 0 aliphatic carbocycles. The lowest BCUT2D eigenvalue weighted by Crippen LogP contribution is -2.26. The maximum absolute atomic E-state index is 12.7. The van der Waals surface area contributed by atoms with E-state index in [-0.39, 0.29) is 12.5 Å². The number of anilines is 1. The zero-order valence-corrected chi connectivity index (χ0v) is 14.5. The van der Waals surface area contributed by atoms with Crippen molar-refractivity contribution in [3.05, 3.63) is 41.7 Å². The normalized spacial score (nSPS) is 13.2. The van der Waals surface area contributed by atoms with Crippen LogP contribution in [-0.4, -0.2) is 25.2 Å². The summed E-state index contributed by atoms with van der Waals surface area (Å²) in [5.74, 6) is -0.544. The van der Waals surface area contributed by atoms with Crippen LogP contribution in [0.3, 0.4) is 0 Å². The molecule has 0 aliphatic heterocycles. The highest BCUT2D eigenvalue weighted by Gasteiger charge is 2.34. The van der Waals surface area contributed by atoms with Crippen molar-refractivity contribution >= 4 is 22.9 Å². The minimum absolute atomic E-state index is 0.0394. The molecule has 0 spiro atoms. The van der Waals surface area contributed by atoms with Crippen LogP contribution in [0.25, 0.3) is 11.0 Å². The number of hydrogen-bond acceptors (Lipinski definition) is 3. The van der Waals surface area contributed by atoms with E-state index in [1.807, 2.05) is 24.3 Å². The second-order valence-corrected chi connectivity index (χ2v) is 6.22. The third-order valence-corrected chi connectivity index (χ3v) is 4.19. The lowest BCUT2D eigenvalue weighted by atomic mass is 10.1. The van der Waals surface area contributed by atoms with Crippen LogP contribution in [0.15, 0.2) is 30.3 Å². The van der Waals surface area contributed by atoms with Crippen molar-refractivity contribution in [2.45, 2.75) is 26.6 Å². The molecule has 3 aromatic rings. The van der Waals surface area contributed by atoms with E-state index in [1.165, 1.54) is 11.6 Å². The van der Waals surface area contributed by atoms with Gasteiger partial charge in [0.25, 0.3) is 0 Å². The highest BCUT2D eigenvalue weighted by atomic mass is 19.4. The van der Waals surface area contributed by atoms with Gasteiger partial charge in [-0.25, -0.2) is 4.98 Å². The fourth-order valence-corrected chi connectivity index (χ4v) is 2.67. The highest BCUT2D eigenvalue weighted by Crippen LogP contribution is 2.28. The van der Waals surface area contributed by atoms with E-state index in [4.69, 9.17) is 0 Å². The first-order valence-electron chi connectivity index (χ1n) is 8.01. The van der Waals surface area contributed by atoms with Gasteiger partial charge in [-0.2, -0.15) is 18.3 Å². The first-order valence-corrected chi connectivity index (χ1v) is 8.01. The van der Waals surface area contributed by atoms with Crippen molar-refractivity contribution in [2.75, 3.05) is 5.32 Å². The zero-order valence-electron chi connectivity index (χ0n) is 14.5. The third kappa shape index (κ3) is 3.42. The first kappa shape index (κ1) is 18.0. The van der Waals surface area contributed by atoms with E-state index in [2.05, 4.69) is 15.4 Å². The van der Waals surface area contributed by atoms with Crippen LogP contribution in [0, 0.1) is 12.8 Å². The Morgan fingerprint density at radius 3 is 2.62 bits per heavy atom. The van der Waals surface area contributed by atoms with Gasteiger partial charge in [0, 0.05) is 12.7 Å². The summed E-state index contributed by atoms with van der Waals surface area (Å²) in [6, 6.07) is 8.41. The molecule has 0 radical (unpaired) electrons. The number of aromatic nitrogens is 4. The van der Waals surface area contributed by atoms with E-state index < -0.39 is 17.8 Å². The van der Waals surface area contributed by atoms with Gasteiger partial charge < -0.3 is 4.57 Å². The van der Waals surface area contributed by atoms with Crippen molar-refractivity contribution < 1.29 is 18.0 Å². The summed E-state index contributed by atoms with van der Waals surface area (Å²) < 4.78 is 41.2. The summed E-state index contributed by atoms with van der Waals surface area (Å²) >= 11 is 0. The van der Waals surface area contributed by atoms with Crippen molar-refractivity contribution in [1.29, 1.82) is 0 Å². The molecule has 1 aromatic carbocycles. The van der Waals surface area contributed by atoms with Gasteiger partial charge in [0.2, 0.25) is 11.9 Å². The van der Waals surface area contributed by atoms with E-state index in [9.17, 15) is 18.0 Å². The molecule has 1 atom stereocenters. The Bertz CT molecular complexity index is 957. The van der Waals surface area contributed by atoms with Gasteiger partial charge in [-0.3, -0.25) is 14.8 Å². The summed E-state index contributed by atoms with van der Waals surface area (Å²) in [5, 5.41) is 6.28. The largest absolute Gasteiger partial charge is 0.435 e. The van der Waals surface area contributed by atoms with Crippen molar-refractivity contribution in [3.8, 4) is 0 Å². The van der Waals surface area contributed by atoms with Crippen LogP contribution in [-0.2, 0) is 24.6 Å². The van der Waals surface area contributed by atoms with Crippen molar-refractivity contribution in [3.63, 3.8) is 0 Å². The lowest BCUT2D eigenvalue weighted by Gasteiger charge is -2.13. The van der Waals surface area contributed by atoms with Crippen LogP contribution in [0.4, 0.5) is 19.1 Å². The lowest BCUT2D eigenvalue weighted by molar-refractivity contribution is -0.141. The molecule has 1 N–H and O–H groups in total. The van der Waals surface area contributed by atoms with E-state index in [0.29, 0.717) is 11.6 Å². The van der Waals surface area contributed by atoms with Crippen LogP contribution in [0.5, 0.6) is 0 Å². The number of hydrogen-bond donors (Lipinski definition) is 1. The number of aryl methyl sites for hydroxylation is 2. The minimum atomic E-state index is -4.51. The minimum Gasteiger partial charge on any atom is -0.313 e. The quantitative estimate of drug-likeness (QED) is 0.771. The van der Waals surface area contributed by atoms with Gasteiger partial charge in [-0.05, 0) is 25.1 Å². The van der Waals surface area contributed by atoms with Gasteiger partial charge in [0.05, 0.1) is 23.5 Å². The van der Waals surface area contributed by atoms with Gasteiger partial charge >= 0.3 is 6.18 Å². The summed E-state index contributed by atoms with van der Waals surface area (Å²) in [4.78, 5) is 16.8. The summed E-state index contributed by atoms with van der Waals surface area (Å²) in [6.45, 7) is 3.20. The molecule has 0 saturated heterocycles. The fourth-order valence-electron chi connectivity index (χ4n) is 2.67. The number of fused-ring (bicyclic) bond motifs is 1. The number of amides is 1. The number of para-hydroxylation sites is 2. The Labute approximate surface area is 147 Å². The Kier molecular flexibility index (Phi) is 4.47.